The Hall–Kier alpha value is -2.84. The molecule has 31 heavy (non-hydrogen) atoms. The largest absolute Gasteiger partial charge is 0.490 e. The topological polar surface area (TPSA) is 131 Å². The van der Waals surface area contributed by atoms with E-state index < -0.39 is 10.2 Å². The van der Waals surface area contributed by atoms with Crippen molar-refractivity contribution in [1.82, 2.24) is 14.1 Å². The fraction of sp³-hybridized carbons (Fsp3) is 0.286. The van der Waals surface area contributed by atoms with Crippen molar-refractivity contribution in [3.63, 3.8) is 0 Å². The summed E-state index contributed by atoms with van der Waals surface area (Å²) in [5.41, 5.74) is 4.05. The third-order valence-corrected chi connectivity index (χ3v) is 6.32. The van der Waals surface area contributed by atoms with E-state index in [9.17, 15) is 13.7 Å². The quantitative estimate of drug-likeness (QED) is 0.586. The van der Waals surface area contributed by atoms with E-state index >= 15 is 0 Å². The number of nitrogens with one attached hydrogen (secondary N) is 1. The van der Waals surface area contributed by atoms with Crippen LogP contribution < -0.4 is 14.6 Å². The van der Waals surface area contributed by atoms with Gasteiger partial charge in [0, 0.05) is 17.2 Å². The average molecular weight is 456 g/mol. The molecule has 0 amide bonds. The van der Waals surface area contributed by atoms with Crippen LogP contribution in [0.25, 0.3) is 22.0 Å². The summed E-state index contributed by atoms with van der Waals surface area (Å²) >= 11 is 1.27. The molecule has 8 nitrogen and oxygen atoms in total. The van der Waals surface area contributed by atoms with Crippen LogP contribution in [0.1, 0.15) is 43.0 Å². The molecule has 1 aromatic heterocycles. The van der Waals surface area contributed by atoms with Gasteiger partial charge in [0.05, 0.1) is 11.7 Å². The molecular formula is C21H21N5O3S2. The fourth-order valence-corrected chi connectivity index (χ4v) is 5.12. The number of aromatic nitrogens is 2. The van der Waals surface area contributed by atoms with Gasteiger partial charge in [0.25, 0.3) is 10.2 Å². The molecule has 2 aromatic carbocycles. The third kappa shape index (κ3) is 4.60. The first-order valence-electron chi connectivity index (χ1n) is 9.72. The van der Waals surface area contributed by atoms with E-state index in [-0.39, 0.29) is 12.1 Å². The van der Waals surface area contributed by atoms with Gasteiger partial charge < -0.3 is 4.74 Å². The second kappa shape index (κ2) is 8.36. The number of fused-ring (bicyclic) bond motifs is 1. The summed E-state index contributed by atoms with van der Waals surface area (Å²) in [6, 6.07) is 12.9. The van der Waals surface area contributed by atoms with Crippen LogP contribution in [0.4, 0.5) is 0 Å². The number of hydrogen-bond acceptors (Lipinski definition) is 7. The molecule has 0 bridgehead atoms. The molecule has 1 atom stereocenters. The Balaban J connectivity index is 1.66. The molecule has 0 saturated carbocycles. The summed E-state index contributed by atoms with van der Waals surface area (Å²) in [5, 5.41) is 15.4. The zero-order chi connectivity index (χ0) is 22.2. The van der Waals surface area contributed by atoms with Gasteiger partial charge in [-0.1, -0.05) is 18.2 Å². The van der Waals surface area contributed by atoms with Gasteiger partial charge in [-0.15, -0.1) is 0 Å². The number of rotatable bonds is 6. The van der Waals surface area contributed by atoms with Crippen LogP contribution in [0.3, 0.4) is 0 Å². The number of benzene rings is 2. The van der Waals surface area contributed by atoms with Gasteiger partial charge in [-0.3, -0.25) is 0 Å². The van der Waals surface area contributed by atoms with Crippen LogP contribution in [0.15, 0.2) is 36.4 Å². The van der Waals surface area contributed by atoms with E-state index in [1.807, 2.05) is 38.1 Å². The first kappa shape index (κ1) is 21.4. The molecule has 1 heterocycles. The summed E-state index contributed by atoms with van der Waals surface area (Å²) in [7, 11) is -3.79. The molecule has 10 heteroatoms. The van der Waals surface area contributed by atoms with Crippen LogP contribution in [0.2, 0.25) is 0 Å². The number of nitriles is 1. The molecule has 3 aromatic rings. The monoisotopic (exact) mass is 455 g/mol. The van der Waals surface area contributed by atoms with Gasteiger partial charge in [0.1, 0.15) is 16.8 Å². The molecule has 3 N–H and O–H groups in total. The van der Waals surface area contributed by atoms with Gasteiger partial charge in [-0.25, -0.2) is 10.1 Å². The van der Waals surface area contributed by atoms with Crippen molar-refractivity contribution in [2.24, 2.45) is 5.14 Å². The number of hydrogen-bond donors (Lipinski definition) is 2. The fourth-order valence-electron chi connectivity index (χ4n) is 3.74. The van der Waals surface area contributed by atoms with Crippen LogP contribution in [-0.2, 0) is 16.6 Å². The Bertz CT molecular complexity index is 1280. The lowest BCUT2D eigenvalue weighted by atomic mass is 10.0. The van der Waals surface area contributed by atoms with Crippen LogP contribution in [-0.4, -0.2) is 23.9 Å². The molecule has 0 unspecified atom stereocenters. The van der Waals surface area contributed by atoms with Crippen molar-refractivity contribution in [3.05, 3.63) is 53.1 Å². The summed E-state index contributed by atoms with van der Waals surface area (Å²) in [4.78, 5) is 4.69. The molecule has 0 fully saturated rings. The predicted octanol–water partition coefficient (Wildman–Crippen LogP) is 3.31. The molecule has 160 valence electrons. The average Bonchev–Trinajstić information content (AvgIpc) is 3.34. The lowest BCUT2D eigenvalue weighted by Gasteiger charge is -2.12. The summed E-state index contributed by atoms with van der Waals surface area (Å²) in [6.07, 6.45) is 1.32. The van der Waals surface area contributed by atoms with E-state index in [1.165, 1.54) is 11.5 Å². The Morgan fingerprint density at radius 3 is 2.84 bits per heavy atom. The minimum absolute atomic E-state index is 0.0327. The zero-order valence-electron chi connectivity index (χ0n) is 17.0. The summed E-state index contributed by atoms with van der Waals surface area (Å²) in [6.45, 7) is 3.81. The van der Waals surface area contributed by atoms with Crippen molar-refractivity contribution in [1.29, 1.82) is 5.26 Å². The highest BCUT2D eigenvalue weighted by molar-refractivity contribution is 7.87. The third-order valence-electron chi connectivity index (χ3n) is 4.95. The maximum atomic E-state index is 11.5. The molecular weight excluding hydrogens is 434 g/mol. The second-order valence-corrected chi connectivity index (χ2v) is 9.62. The number of nitrogens with zero attached hydrogens (tertiary/aromatic N) is 3. The predicted molar refractivity (Wildman–Crippen MR) is 119 cm³/mol. The molecule has 0 aliphatic heterocycles. The highest BCUT2D eigenvalue weighted by Crippen LogP contribution is 2.39. The Kier molecular flexibility index (Phi) is 5.77. The minimum atomic E-state index is -3.79. The van der Waals surface area contributed by atoms with Crippen LogP contribution in [0.5, 0.6) is 5.75 Å². The van der Waals surface area contributed by atoms with E-state index in [0.717, 1.165) is 27.3 Å². The lowest BCUT2D eigenvalue weighted by Crippen LogP contribution is -2.33. The van der Waals surface area contributed by atoms with Crippen molar-refractivity contribution < 1.29 is 13.2 Å². The van der Waals surface area contributed by atoms with Gasteiger partial charge >= 0.3 is 0 Å². The first-order chi connectivity index (χ1) is 14.7. The normalized spacial score (nSPS) is 15.6. The van der Waals surface area contributed by atoms with E-state index in [0.29, 0.717) is 30.0 Å². The number of nitrogens with two attached hydrogens (primary N) is 1. The van der Waals surface area contributed by atoms with Crippen LogP contribution in [0, 0.1) is 11.3 Å². The SMILES string of the molecule is CC(C)Oc1ccc(-c2nsc(-c3cccc4c3CC[C@@H]4NS(N)(=O)=O)n2)cc1C#N. The highest BCUT2D eigenvalue weighted by atomic mass is 32.2. The standard InChI is InChI=1S/C21H21N5O3S2/c1-12(2)29-19-9-6-13(10-14(19)11-22)20-24-21(30-25-20)17-5-3-4-16-15(17)7-8-18(16)26-31(23,27)28/h3-6,9-10,12,18,26H,7-8H2,1-2H3,(H2,23,27,28)/t18-/m0/s1. The Morgan fingerprint density at radius 2 is 2.13 bits per heavy atom. The minimum Gasteiger partial charge on any atom is -0.490 e. The Morgan fingerprint density at radius 1 is 1.32 bits per heavy atom. The number of ether oxygens (including phenoxy) is 1. The molecule has 0 saturated heterocycles. The van der Waals surface area contributed by atoms with Crippen molar-refractivity contribution in [2.45, 2.75) is 38.8 Å². The van der Waals surface area contributed by atoms with Crippen molar-refractivity contribution >= 4 is 21.7 Å². The molecule has 1 aliphatic rings. The summed E-state index contributed by atoms with van der Waals surface area (Å²) in [5.74, 6) is 1.06. The van der Waals surface area contributed by atoms with Crippen molar-refractivity contribution in [2.75, 3.05) is 0 Å². The maximum Gasteiger partial charge on any atom is 0.274 e. The first-order valence-corrected chi connectivity index (χ1v) is 12.0. The van der Waals surface area contributed by atoms with E-state index in [1.54, 1.807) is 12.1 Å². The molecule has 0 radical (unpaired) electrons. The lowest BCUT2D eigenvalue weighted by molar-refractivity contribution is 0.242. The van der Waals surface area contributed by atoms with E-state index in [2.05, 4.69) is 20.1 Å². The van der Waals surface area contributed by atoms with E-state index in [4.69, 9.17) is 9.88 Å². The zero-order valence-corrected chi connectivity index (χ0v) is 18.6. The van der Waals surface area contributed by atoms with Gasteiger partial charge in [0.2, 0.25) is 0 Å². The van der Waals surface area contributed by atoms with Crippen molar-refractivity contribution in [3.8, 4) is 33.8 Å². The molecule has 4 rings (SSSR count). The second-order valence-electron chi connectivity index (χ2n) is 7.54. The smallest absolute Gasteiger partial charge is 0.274 e. The Labute approximate surface area is 185 Å². The maximum absolute atomic E-state index is 11.5. The van der Waals surface area contributed by atoms with Gasteiger partial charge in [-0.05, 0) is 67.5 Å². The molecule has 1 aliphatic carbocycles. The van der Waals surface area contributed by atoms with Gasteiger partial charge in [-0.2, -0.15) is 22.8 Å². The van der Waals surface area contributed by atoms with Gasteiger partial charge in [0.15, 0.2) is 5.82 Å². The highest BCUT2D eigenvalue weighted by Gasteiger charge is 2.28. The summed E-state index contributed by atoms with van der Waals surface area (Å²) < 4.78 is 35.6. The molecule has 0 spiro atoms. The van der Waals surface area contributed by atoms with Crippen LogP contribution >= 0.6 is 11.5 Å².